The van der Waals surface area contributed by atoms with E-state index < -0.39 is 5.97 Å². The second kappa shape index (κ2) is 3.83. The molecule has 2 aromatic rings. The van der Waals surface area contributed by atoms with Gasteiger partial charge in [0, 0.05) is 18.1 Å². The Morgan fingerprint density at radius 2 is 2.28 bits per heavy atom. The van der Waals surface area contributed by atoms with Crippen LogP contribution in [0.15, 0.2) is 18.2 Å². The number of aliphatic carboxylic acids is 1. The minimum atomic E-state index is -0.756. The van der Waals surface area contributed by atoms with E-state index in [2.05, 4.69) is 0 Å². The van der Waals surface area contributed by atoms with Crippen LogP contribution >= 0.6 is 0 Å². The van der Waals surface area contributed by atoms with Crippen LogP contribution in [0, 0.1) is 11.7 Å². The Kier molecular flexibility index (Phi) is 2.40. The fourth-order valence-corrected chi connectivity index (χ4v) is 3.01. The molecule has 0 aliphatic heterocycles. The number of aromatic nitrogens is 1. The molecule has 0 fully saturated rings. The zero-order chi connectivity index (χ0) is 12.9. The Bertz CT molecular complexity index is 645. The van der Waals surface area contributed by atoms with Crippen molar-refractivity contribution >= 4 is 16.9 Å². The molecule has 3 nitrogen and oxygen atoms in total. The summed E-state index contributed by atoms with van der Waals surface area (Å²) in [6.07, 6.45) is 1.84. The molecule has 1 aromatic carbocycles. The molecule has 4 heteroatoms. The topological polar surface area (TPSA) is 42.2 Å². The maximum absolute atomic E-state index is 13.9. The van der Waals surface area contributed by atoms with E-state index in [1.54, 1.807) is 6.07 Å². The predicted octanol–water partition coefficient (Wildman–Crippen LogP) is 2.51. The summed E-state index contributed by atoms with van der Waals surface area (Å²) in [5.74, 6) is -1.34. The van der Waals surface area contributed by atoms with Gasteiger partial charge in [-0.25, -0.2) is 4.39 Å². The summed E-state index contributed by atoms with van der Waals surface area (Å²) in [6, 6.07) is 5.01. The highest BCUT2D eigenvalue weighted by atomic mass is 19.1. The van der Waals surface area contributed by atoms with Gasteiger partial charge >= 0.3 is 5.97 Å². The van der Waals surface area contributed by atoms with Crippen LogP contribution in [0.4, 0.5) is 4.39 Å². The molecule has 1 heterocycles. The van der Waals surface area contributed by atoms with Crippen molar-refractivity contribution < 1.29 is 14.3 Å². The number of carbonyl (C=O) groups is 1. The number of rotatable bonds is 1. The highest BCUT2D eigenvalue weighted by Gasteiger charge is 2.28. The van der Waals surface area contributed by atoms with Crippen LogP contribution < -0.4 is 0 Å². The normalized spacial score (nSPS) is 18.9. The molecule has 0 saturated heterocycles. The summed E-state index contributed by atoms with van der Waals surface area (Å²) in [5.41, 5.74) is 2.67. The average molecular weight is 247 g/mol. The van der Waals surface area contributed by atoms with Crippen molar-refractivity contribution in [3.8, 4) is 0 Å². The van der Waals surface area contributed by atoms with Crippen molar-refractivity contribution in [2.45, 2.75) is 19.3 Å². The van der Waals surface area contributed by atoms with E-state index in [0.717, 1.165) is 16.6 Å². The maximum Gasteiger partial charge on any atom is 0.306 e. The number of fused-ring (bicyclic) bond motifs is 3. The summed E-state index contributed by atoms with van der Waals surface area (Å²) >= 11 is 0. The third-order valence-electron chi connectivity index (χ3n) is 3.93. The first kappa shape index (κ1) is 11.3. The molecule has 1 atom stereocenters. The molecule has 1 unspecified atom stereocenters. The molecule has 0 amide bonds. The van der Waals surface area contributed by atoms with E-state index in [0.29, 0.717) is 24.8 Å². The van der Waals surface area contributed by atoms with Crippen LogP contribution in [-0.4, -0.2) is 15.6 Å². The molecule has 0 bridgehead atoms. The Morgan fingerprint density at radius 3 is 3.00 bits per heavy atom. The van der Waals surface area contributed by atoms with Gasteiger partial charge in [-0.15, -0.1) is 0 Å². The molecule has 0 saturated carbocycles. The molecule has 1 aliphatic carbocycles. The second-order valence-electron chi connectivity index (χ2n) is 4.90. The number of aryl methyl sites for hydroxylation is 1. The lowest BCUT2D eigenvalue weighted by Crippen LogP contribution is -2.22. The van der Waals surface area contributed by atoms with Crippen LogP contribution in [0.5, 0.6) is 0 Å². The van der Waals surface area contributed by atoms with Crippen LogP contribution in [0.3, 0.4) is 0 Å². The molecular formula is C14H14FNO2. The lowest BCUT2D eigenvalue weighted by atomic mass is 9.86. The number of hydrogen-bond acceptors (Lipinski definition) is 1. The smallest absolute Gasteiger partial charge is 0.306 e. The third-order valence-corrected chi connectivity index (χ3v) is 3.93. The molecule has 94 valence electrons. The van der Waals surface area contributed by atoms with E-state index in [-0.39, 0.29) is 11.7 Å². The third kappa shape index (κ3) is 1.45. The maximum atomic E-state index is 13.9. The van der Waals surface area contributed by atoms with Crippen LogP contribution in [0.2, 0.25) is 0 Å². The highest BCUT2D eigenvalue weighted by Crippen LogP contribution is 2.34. The predicted molar refractivity (Wildman–Crippen MR) is 66.0 cm³/mol. The van der Waals surface area contributed by atoms with Crippen LogP contribution in [0.25, 0.3) is 10.9 Å². The van der Waals surface area contributed by atoms with Gasteiger partial charge in [-0.05, 0) is 30.9 Å². The lowest BCUT2D eigenvalue weighted by molar-refractivity contribution is -0.142. The van der Waals surface area contributed by atoms with Gasteiger partial charge in [0.05, 0.1) is 11.4 Å². The van der Waals surface area contributed by atoms with Gasteiger partial charge in [0.2, 0.25) is 0 Å². The fourth-order valence-electron chi connectivity index (χ4n) is 3.01. The van der Waals surface area contributed by atoms with Crippen molar-refractivity contribution in [3.05, 3.63) is 35.3 Å². The first-order valence-corrected chi connectivity index (χ1v) is 6.07. The fraction of sp³-hybridized carbons (Fsp3) is 0.357. The highest BCUT2D eigenvalue weighted by molar-refractivity contribution is 5.87. The Morgan fingerprint density at radius 1 is 1.50 bits per heavy atom. The standard InChI is InChI=1S/C14H14FNO2/c1-16-12-6-5-8(14(17)18)7-10(12)9-3-2-4-11(15)13(9)16/h2-4,8H,5-7H2,1H3,(H,17,18). The van der Waals surface area contributed by atoms with E-state index in [1.807, 2.05) is 17.7 Å². The lowest BCUT2D eigenvalue weighted by Gasteiger charge is -2.19. The monoisotopic (exact) mass is 247 g/mol. The summed E-state index contributed by atoms with van der Waals surface area (Å²) in [6.45, 7) is 0. The Hall–Kier alpha value is -1.84. The van der Waals surface area contributed by atoms with Crippen molar-refractivity contribution in [2.75, 3.05) is 0 Å². The average Bonchev–Trinajstić information content (AvgIpc) is 2.64. The van der Waals surface area contributed by atoms with E-state index in [1.165, 1.54) is 6.07 Å². The Balaban J connectivity index is 2.23. The first-order valence-electron chi connectivity index (χ1n) is 6.07. The molecule has 1 aromatic heterocycles. The van der Waals surface area contributed by atoms with Gasteiger partial charge in [0.1, 0.15) is 5.82 Å². The SMILES string of the molecule is Cn1c2c(c3cccc(F)c31)CC(C(=O)O)CC2. The zero-order valence-corrected chi connectivity index (χ0v) is 10.1. The molecular weight excluding hydrogens is 233 g/mol. The van der Waals surface area contributed by atoms with Gasteiger partial charge in [-0.3, -0.25) is 4.79 Å². The molecule has 0 radical (unpaired) electrons. The van der Waals surface area contributed by atoms with Crippen LogP contribution in [0.1, 0.15) is 17.7 Å². The second-order valence-corrected chi connectivity index (χ2v) is 4.90. The minimum absolute atomic E-state index is 0.240. The van der Waals surface area contributed by atoms with Gasteiger partial charge in [-0.2, -0.15) is 0 Å². The molecule has 1 N–H and O–H groups in total. The molecule has 18 heavy (non-hydrogen) atoms. The van der Waals surface area contributed by atoms with E-state index in [9.17, 15) is 9.18 Å². The number of nitrogens with zero attached hydrogens (tertiary/aromatic N) is 1. The van der Waals surface area contributed by atoms with Crippen LogP contribution in [-0.2, 0) is 24.7 Å². The summed E-state index contributed by atoms with van der Waals surface area (Å²) in [7, 11) is 1.85. The summed E-state index contributed by atoms with van der Waals surface area (Å²) in [4.78, 5) is 11.1. The number of carboxylic acid groups (broad SMARTS) is 1. The minimum Gasteiger partial charge on any atom is -0.481 e. The number of para-hydroxylation sites is 1. The number of hydrogen-bond donors (Lipinski definition) is 1. The number of halogens is 1. The van der Waals surface area contributed by atoms with Crippen molar-refractivity contribution in [3.63, 3.8) is 0 Å². The number of benzene rings is 1. The van der Waals surface area contributed by atoms with Gasteiger partial charge in [0.25, 0.3) is 0 Å². The quantitative estimate of drug-likeness (QED) is 0.841. The summed E-state index contributed by atoms with van der Waals surface area (Å²) in [5, 5.41) is 9.98. The van der Waals surface area contributed by atoms with Gasteiger partial charge in [-0.1, -0.05) is 12.1 Å². The van der Waals surface area contributed by atoms with Gasteiger partial charge < -0.3 is 9.67 Å². The number of carboxylic acids is 1. The van der Waals surface area contributed by atoms with Crippen molar-refractivity contribution in [2.24, 2.45) is 13.0 Å². The molecule has 1 aliphatic rings. The van der Waals surface area contributed by atoms with Crippen molar-refractivity contribution in [1.29, 1.82) is 0 Å². The van der Waals surface area contributed by atoms with E-state index in [4.69, 9.17) is 5.11 Å². The Labute approximate surface area is 104 Å². The largest absolute Gasteiger partial charge is 0.481 e. The summed E-state index contributed by atoms with van der Waals surface area (Å²) < 4.78 is 15.7. The zero-order valence-electron chi connectivity index (χ0n) is 10.1. The van der Waals surface area contributed by atoms with E-state index >= 15 is 0 Å². The first-order chi connectivity index (χ1) is 8.59. The van der Waals surface area contributed by atoms with Crippen molar-refractivity contribution in [1.82, 2.24) is 4.57 Å². The molecule has 3 rings (SSSR count). The van der Waals surface area contributed by atoms with Gasteiger partial charge in [0.15, 0.2) is 0 Å². The molecule has 0 spiro atoms.